The van der Waals surface area contributed by atoms with E-state index in [1.54, 1.807) is 18.3 Å². The minimum absolute atomic E-state index is 0.129. The van der Waals surface area contributed by atoms with Crippen molar-refractivity contribution in [1.29, 1.82) is 0 Å². The van der Waals surface area contributed by atoms with E-state index in [0.29, 0.717) is 67.5 Å². The molecule has 0 saturated carbocycles. The molecule has 0 radical (unpaired) electrons. The summed E-state index contributed by atoms with van der Waals surface area (Å²) in [5, 5.41) is 18.8. The summed E-state index contributed by atoms with van der Waals surface area (Å²) in [6.07, 6.45) is -7.82. The fraction of sp³-hybridized carbons (Fsp3) is 0.509. The number of nitrogens with one attached hydrogen (secondary N) is 4. The van der Waals surface area contributed by atoms with Crippen molar-refractivity contribution in [1.82, 2.24) is 36.3 Å². The monoisotopic (exact) mass is 1100 g/mol. The molecule has 3 aromatic rings. The second-order valence-electron chi connectivity index (χ2n) is 20.6. The Hall–Kier alpha value is -6.88. The number of nitrogens with zero attached hydrogens (tertiary/aromatic N) is 5. The fourth-order valence-electron chi connectivity index (χ4n) is 9.37. The molecular weight excluding hydrogens is 1040 g/mol. The number of anilines is 1. The maximum absolute atomic E-state index is 15.9. The average molecular weight is 1110 g/mol. The van der Waals surface area contributed by atoms with E-state index in [9.17, 15) is 50.6 Å². The van der Waals surface area contributed by atoms with E-state index in [0.717, 1.165) is 71.1 Å². The Morgan fingerprint density at radius 3 is 1.94 bits per heavy atom. The quantitative estimate of drug-likeness (QED) is 0.0399. The lowest BCUT2D eigenvalue weighted by molar-refractivity contribution is -0.221. The number of nitrogens with two attached hydrogens (primary N) is 1. The molecule has 3 aliphatic heterocycles. The molecule has 7 N–H and O–H groups in total. The van der Waals surface area contributed by atoms with E-state index in [1.807, 2.05) is 22.8 Å². The van der Waals surface area contributed by atoms with Gasteiger partial charge in [-0.1, -0.05) is 24.0 Å². The van der Waals surface area contributed by atoms with E-state index in [2.05, 4.69) is 47.1 Å². The number of benzene rings is 2. The second-order valence-corrected chi connectivity index (χ2v) is 20.6. The molecule has 4 amide bonds. The Morgan fingerprint density at radius 1 is 0.872 bits per heavy atom. The number of piperazine rings is 1. The van der Waals surface area contributed by atoms with Gasteiger partial charge in [0.1, 0.15) is 29.5 Å². The van der Waals surface area contributed by atoms with Gasteiger partial charge < -0.3 is 41.2 Å². The number of aliphatic hydroxyl groups is 1. The first kappa shape index (κ1) is 60.4. The van der Waals surface area contributed by atoms with Gasteiger partial charge in [0.05, 0.1) is 49.3 Å². The van der Waals surface area contributed by atoms with Crippen LogP contribution in [0.25, 0.3) is 5.70 Å². The Labute approximate surface area is 446 Å². The molecule has 0 aliphatic carbocycles. The SMILES string of the molecule is CN=CC=C(N)c1cc(F)c(CN(CC(O)C(Cc2ccc(C#Cc3ccc(N4CC5CCC(C4)N5C4COC4)nc3)cc2)NC(=O)C(NC(C)=O)C(C)(C)C(F)(F)F)NC(=O)C(NC(=O)OC)C(C)(C)C(F)(F)F)c(F)c1. The molecule has 0 spiro atoms. The number of hydrogen-bond acceptors (Lipinski definition) is 13. The molecule has 17 nitrogen and oxygen atoms in total. The van der Waals surface area contributed by atoms with Crippen LogP contribution in [0, 0.1) is 34.3 Å². The van der Waals surface area contributed by atoms with Gasteiger partial charge in [-0.05, 0) is 95.0 Å². The zero-order valence-electron chi connectivity index (χ0n) is 44.0. The molecule has 6 atom stereocenters. The van der Waals surface area contributed by atoms with Crippen molar-refractivity contribution in [2.24, 2.45) is 21.6 Å². The largest absolute Gasteiger partial charge is 0.453 e. The number of carbonyl (C=O) groups is 4. The van der Waals surface area contributed by atoms with Gasteiger partial charge in [0.2, 0.25) is 11.8 Å². The van der Waals surface area contributed by atoms with E-state index >= 15 is 8.78 Å². The first-order valence-electron chi connectivity index (χ1n) is 24.9. The topological polar surface area (TPSA) is 216 Å². The van der Waals surface area contributed by atoms with Gasteiger partial charge in [0, 0.05) is 92.6 Å². The predicted octanol–water partition coefficient (Wildman–Crippen LogP) is 5.14. The normalized spacial score (nSPS) is 19.0. The number of alkyl carbamates (subject to hydrolysis) is 1. The van der Waals surface area contributed by atoms with Crippen LogP contribution in [-0.2, 0) is 36.8 Å². The molecule has 424 valence electrons. The molecular formula is C53H64F8N10O7. The number of pyridine rings is 1. The Morgan fingerprint density at radius 2 is 1.44 bits per heavy atom. The summed E-state index contributed by atoms with van der Waals surface area (Å²) >= 11 is 0. The molecule has 78 heavy (non-hydrogen) atoms. The van der Waals surface area contributed by atoms with Crippen LogP contribution in [0.1, 0.15) is 75.3 Å². The number of hydrogen-bond donors (Lipinski definition) is 6. The van der Waals surface area contributed by atoms with Crippen molar-refractivity contribution < 1.29 is 68.9 Å². The number of aliphatic hydroxyl groups excluding tert-OH is 1. The minimum Gasteiger partial charge on any atom is -0.453 e. The number of amides is 4. The highest BCUT2D eigenvalue weighted by Gasteiger charge is 2.57. The Kier molecular flexibility index (Phi) is 19.2. The van der Waals surface area contributed by atoms with Gasteiger partial charge in [-0.25, -0.2) is 23.6 Å². The smallest absolute Gasteiger partial charge is 0.407 e. The number of methoxy groups -OCH3 is 1. The van der Waals surface area contributed by atoms with E-state index < -0.39 is 108 Å². The number of aromatic nitrogens is 1. The summed E-state index contributed by atoms with van der Waals surface area (Å²) in [6, 6.07) is 6.46. The number of fused-ring (bicyclic) bond motifs is 2. The lowest BCUT2D eigenvalue weighted by Crippen LogP contribution is -2.63. The van der Waals surface area contributed by atoms with Gasteiger partial charge in [0.25, 0.3) is 5.91 Å². The number of rotatable bonds is 19. The van der Waals surface area contributed by atoms with Gasteiger partial charge in [0.15, 0.2) is 0 Å². The number of allylic oxidation sites excluding steroid dienone is 1. The van der Waals surface area contributed by atoms with Crippen LogP contribution in [0.4, 0.5) is 45.7 Å². The number of halogens is 8. The summed E-state index contributed by atoms with van der Waals surface area (Å²) < 4.78 is 129. The van der Waals surface area contributed by atoms with Crippen molar-refractivity contribution in [2.75, 3.05) is 51.9 Å². The Balaban J connectivity index is 1.30. The highest BCUT2D eigenvalue weighted by Crippen LogP contribution is 2.42. The van der Waals surface area contributed by atoms with Crippen LogP contribution in [0.5, 0.6) is 0 Å². The van der Waals surface area contributed by atoms with Crippen molar-refractivity contribution in [3.8, 4) is 11.8 Å². The lowest BCUT2D eigenvalue weighted by Gasteiger charge is -2.47. The highest BCUT2D eigenvalue weighted by molar-refractivity contribution is 5.88. The highest BCUT2D eigenvalue weighted by atomic mass is 19.4. The summed E-state index contributed by atoms with van der Waals surface area (Å²) in [7, 11) is 2.23. The third-order valence-corrected chi connectivity index (χ3v) is 14.3. The molecule has 4 heterocycles. The minimum atomic E-state index is -5.18. The lowest BCUT2D eigenvalue weighted by atomic mass is 9.82. The van der Waals surface area contributed by atoms with Crippen molar-refractivity contribution in [3.05, 3.63) is 100 Å². The molecule has 3 saturated heterocycles. The van der Waals surface area contributed by atoms with Crippen molar-refractivity contribution in [3.63, 3.8) is 0 Å². The van der Waals surface area contributed by atoms with Crippen molar-refractivity contribution >= 4 is 41.5 Å². The molecule has 3 fully saturated rings. The van der Waals surface area contributed by atoms with E-state index in [4.69, 9.17) is 10.5 Å². The number of carbonyl (C=O) groups excluding carboxylic acids is 4. The number of ether oxygens (including phenoxy) is 2. The van der Waals surface area contributed by atoms with Crippen LogP contribution >= 0.6 is 0 Å². The maximum Gasteiger partial charge on any atom is 0.407 e. The fourth-order valence-corrected chi connectivity index (χ4v) is 9.37. The second kappa shape index (κ2) is 24.8. The molecule has 3 aliphatic rings. The zero-order valence-corrected chi connectivity index (χ0v) is 44.0. The molecule has 1 aromatic heterocycles. The van der Waals surface area contributed by atoms with Gasteiger partial charge in [-0.2, -0.15) is 26.3 Å². The van der Waals surface area contributed by atoms with Crippen LogP contribution < -0.4 is 32.0 Å². The first-order chi connectivity index (χ1) is 36.5. The molecule has 6 rings (SSSR count). The first-order valence-corrected chi connectivity index (χ1v) is 24.9. The third-order valence-electron chi connectivity index (χ3n) is 14.3. The van der Waals surface area contributed by atoms with E-state index in [1.165, 1.54) is 31.5 Å². The molecule has 25 heteroatoms. The maximum atomic E-state index is 15.9. The summed E-state index contributed by atoms with van der Waals surface area (Å²) in [5.74, 6) is 0.281. The standard InChI is InChI=1S/C53H64F8N10O7/c1-30(72)65-45(50(2,3)52(56,57)58)47(74)66-42(20-32-11-8-31(9-12-32)10-13-33-14-17-44(64-23-33)69-24-35-15-16-36(25-69)71(35)37-28-78-29-37)43(73)27-70(26-38-39(54)21-34(22-40(38)55)41(62)18-19-63-6)68-48(75)46(67-49(76)77-7)51(4,5)53(59,60)61/h8-9,11-12,14,17-19,21-23,35-37,42-43,45-46,73H,15-16,20,24-29,62H2,1-7H3,(H,65,72)(H,66,74)(H,67,76)(H,68,75). The summed E-state index contributed by atoms with van der Waals surface area (Å²) in [5.41, 5.74) is 2.39. The van der Waals surface area contributed by atoms with Gasteiger partial charge in [-0.15, -0.1) is 0 Å². The Bertz CT molecular complexity index is 2720. The van der Waals surface area contributed by atoms with Gasteiger partial charge >= 0.3 is 18.4 Å². The summed E-state index contributed by atoms with van der Waals surface area (Å²) in [4.78, 5) is 65.9. The zero-order chi connectivity index (χ0) is 57.5. The van der Waals surface area contributed by atoms with Crippen LogP contribution in [0.15, 0.2) is 65.8 Å². The third kappa shape index (κ3) is 14.4. The van der Waals surface area contributed by atoms with Crippen molar-refractivity contribution in [2.45, 2.75) is 115 Å². The number of aliphatic imine (C=N–C) groups is 1. The van der Waals surface area contributed by atoms with Crippen LogP contribution in [0.3, 0.4) is 0 Å². The number of hydrazine groups is 1. The predicted molar refractivity (Wildman–Crippen MR) is 272 cm³/mol. The van der Waals surface area contributed by atoms with Crippen LogP contribution in [-0.4, -0.2) is 152 Å². The summed E-state index contributed by atoms with van der Waals surface area (Å²) in [6.45, 7) is 4.52. The van der Waals surface area contributed by atoms with Gasteiger partial charge in [-0.3, -0.25) is 29.7 Å². The molecule has 2 bridgehead atoms. The van der Waals surface area contributed by atoms with E-state index in [-0.39, 0.29) is 11.3 Å². The van der Waals surface area contributed by atoms with Crippen LogP contribution in [0.2, 0.25) is 0 Å². The number of alkyl halides is 6. The average Bonchev–Trinajstić information content (AvgIpc) is 3.65. The molecule has 2 aromatic carbocycles. The molecule has 6 unspecified atom stereocenters.